The average Bonchev–Trinajstić information content (AvgIpc) is 2.01. The highest BCUT2D eigenvalue weighted by Crippen LogP contribution is 2.23. The SMILES string of the molecule is O=[N+]([O-])c1cccc(CC(F)(F)F)c1. The molecule has 0 heterocycles. The molecule has 0 unspecified atom stereocenters. The van der Waals surface area contributed by atoms with E-state index < -0.39 is 17.5 Å². The van der Waals surface area contributed by atoms with Crippen molar-refractivity contribution in [3.63, 3.8) is 0 Å². The molecule has 0 aliphatic heterocycles. The summed E-state index contributed by atoms with van der Waals surface area (Å²) in [6.07, 6.45) is -5.48. The Labute approximate surface area is 77.3 Å². The predicted octanol–water partition coefficient (Wildman–Crippen LogP) is 2.70. The van der Waals surface area contributed by atoms with Crippen molar-refractivity contribution in [2.24, 2.45) is 0 Å². The van der Waals surface area contributed by atoms with Crippen molar-refractivity contribution in [3.05, 3.63) is 39.9 Å². The maximum atomic E-state index is 11.9. The molecule has 3 nitrogen and oxygen atoms in total. The summed E-state index contributed by atoms with van der Waals surface area (Å²) in [6, 6.07) is 4.52. The van der Waals surface area contributed by atoms with Crippen molar-refractivity contribution in [1.82, 2.24) is 0 Å². The lowest BCUT2D eigenvalue weighted by Crippen LogP contribution is -2.11. The van der Waals surface area contributed by atoms with Crippen LogP contribution in [-0.4, -0.2) is 11.1 Å². The van der Waals surface area contributed by atoms with Gasteiger partial charge in [-0.1, -0.05) is 12.1 Å². The molecule has 6 heteroatoms. The van der Waals surface area contributed by atoms with Gasteiger partial charge in [0.25, 0.3) is 5.69 Å². The molecule has 0 aromatic heterocycles. The van der Waals surface area contributed by atoms with Gasteiger partial charge in [0.05, 0.1) is 11.3 Å². The third-order valence-corrected chi connectivity index (χ3v) is 1.53. The first-order valence-electron chi connectivity index (χ1n) is 3.68. The molecule has 0 radical (unpaired) electrons. The van der Waals surface area contributed by atoms with Gasteiger partial charge >= 0.3 is 6.18 Å². The van der Waals surface area contributed by atoms with Crippen LogP contribution in [0.5, 0.6) is 0 Å². The lowest BCUT2D eigenvalue weighted by Gasteiger charge is -2.05. The number of nitro groups is 1. The van der Waals surface area contributed by atoms with E-state index in [1.165, 1.54) is 12.1 Å². The number of nitro benzene ring substituents is 1. The van der Waals surface area contributed by atoms with Crippen molar-refractivity contribution in [2.45, 2.75) is 12.6 Å². The average molecular weight is 205 g/mol. The van der Waals surface area contributed by atoms with E-state index in [9.17, 15) is 23.3 Å². The first-order valence-corrected chi connectivity index (χ1v) is 3.68. The Morgan fingerprint density at radius 1 is 1.36 bits per heavy atom. The summed E-state index contributed by atoms with van der Waals surface area (Å²) in [4.78, 5) is 9.52. The molecule has 76 valence electrons. The molecule has 0 N–H and O–H groups in total. The molecule has 14 heavy (non-hydrogen) atoms. The second-order valence-electron chi connectivity index (χ2n) is 2.72. The van der Waals surface area contributed by atoms with Gasteiger partial charge in [0, 0.05) is 12.1 Å². The molecule has 0 bridgehead atoms. The first-order chi connectivity index (χ1) is 6.38. The van der Waals surface area contributed by atoms with Crippen molar-refractivity contribution in [1.29, 1.82) is 0 Å². The Kier molecular flexibility index (Phi) is 2.73. The van der Waals surface area contributed by atoms with Crippen LogP contribution in [0.2, 0.25) is 0 Å². The van der Waals surface area contributed by atoms with Crippen LogP contribution in [0.4, 0.5) is 18.9 Å². The Hall–Kier alpha value is -1.59. The number of alkyl halides is 3. The smallest absolute Gasteiger partial charge is 0.258 e. The van der Waals surface area contributed by atoms with Gasteiger partial charge in [0.1, 0.15) is 0 Å². The monoisotopic (exact) mass is 205 g/mol. The van der Waals surface area contributed by atoms with Crippen LogP contribution in [-0.2, 0) is 6.42 Å². The number of halogens is 3. The molecule has 0 fully saturated rings. The number of hydrogen-bond acceptors (Lipinski definition) is 2. The number of rotatable bonds is 2. The lowest BCUT2D eigenvalue weighted by molar-refractivity contribution is -0.384. The van der Waals surface area contributed by atoms with Gasteiger partial charge in [0.2, 0.25) is 0 Å². The molecule has 0 saturated carbocycles. The maximum absolute atomic E-state index is 11.9. The maximum Gasteiger partial charge on any atom is 0.393 e. The molecule has 0 saturated heterocycles. The molecular weight excluding hydrogens is 199 g/mol. The number of nitrogens with zero attached hydrogens (tertiary/aromatic N) is 1. The van der Waals surface area contributed by atoms with Crippen molar-refractivity contribution >= 4 is 5.69 Å². The molecule has 0 spiro atoms. The van der Waals surface area contributed by atoms with Crippen LogP contribution in [0.25, 0.3) is 0 Å². The van der Waals surface area contributed by atoms with Gasteiger partial charge in [0.15, 0.2) is 0 Å². The number of non-ortho nitro benzene ring substituents is 1. The highest BCUT2D eigenvalue weighted by molar-refractivity contribution is 5.34. The van der Waals surface area contributed by atoms with E-state index in [1.807, 2.05) is 0 Å². The zero-order valence-electron chi connectivity index (χ0n) is 6.91. The normalized spacial score (nSPS) is 11.4. The minimum absolute atomic E-state index is 0.105. The third kappa shape index (κ3) is 3.04. The predicted molar refractivity (Wildman–Crippen MR) is 42.9 cm³/mol. The molecule has 1 aromatic rings. The van der Waals surface area contributed by atoms with E-state index in [0.29, 0.717) is 0 Å². The van der Waals surface area contributed by atoms with E-state index in [2.05, 4.69) is 0 Å². The Morgan fingerprint density at radius 3 is 2.50 bits per heavy atom. The highest BCUT2D eigenvalue weighted by Gasteiger charge is 2.28. The summed E-state index contributed by atoms with van der Waals surface area (Å²) in [6.45, 7) is 0. The molecule has 1 aromatic carbocycles. The Morgan fingerprint density at radius 2 is 2.00 bits per heavy atom. The van der Waals surface area contributed by atoms with Crippen LogP contribution in [0.3, 0.4) is 0 Å². The summed E-state index contributed by atoms with van der Waals surface area (Å²) >= 11 is 0. The standard InChI is InChI=1S/C8H6F3NO2/c9-8(10,11)5-6-2-1-3-7(4-6)12(13)14/h1-4H,5H2. The van der Waals surface area contributed by atoms with Gasteiger partial charge in [-0.15, -0.1) is 0 Å². The summed E-state index contributed by atoms with van der Waals surface area (Å²) in [5.74, 6) is 0. The lowest BCUT2D eigenvalue weighted by atomic mass is 10.1. The summed E-state index contributed by atoms with van der Waals surface area (Å²) < 4.78 is 35.7. The molecule has 0 aliphatic rings. The summed E-state index contributed by atoms with van der Waals surface area (Å²) in [7, 11) is 0. The summed E-state index contributed by atoms with van der Waals surface area (Å²) in [5.41, 5.74) is -0.432. The van der Waals surface area contributed by atoms with Gasteiger partial charge in [-0.3, -0.25) is 10.1 Å². The molecule has 0 amide bonds. The van der Waals surface area contributed by atoms with Crippen molar-refractivity contribution < 1.29 is 18.1 Å². The van der Waals surface area contributed by atoms with Gasteiger partial charge in [-0.2, -0.15) is 13.2 Å². The van der Waals surface area contributed by atoms with Gasteiger partial charge in [-0.05, 0) is 5.56 Å². The van der Waals surface area contributed by atoms with E-state index in [0.717, 1.165) is 12.1 Å². The van der Waals surface area contributed by atoms with Crippen LogP contribution >= 0.6 is 0 Å². The quantitative estimate of drug-likeness (QED) is 0.550. The van der Waals surface area contributed by atoms with Gasteiger partial charge in [-0.25, -0.2) is 0 Å². The fraction of sp³-hybridized carbons (Fsp3) is 0.250. The van der Waals surface area contributed by atoms with Crippen LogP contribution in [0.1, 0.15) is 5.56 Å². The van der Waals surface area contributed by atoms with Gasteiger partial charge < -0.3 is 0 Å². The zero-order valence-corrected chi connectivity index (χ0v) is 6.91. The molecular formula is C8H6F3NO2. The second kappa shape index (κ2) is 3.65. The highest BCUT2D eigenvalue weighted by atomic mass is 19.4. The summed E-state index contributed by atoms with van der Waals surface area (Å²) in [5, 5.41) is 10.2. The molecule has 0 atom stereocenters. The van der Waals surface area contributed by atoms with E-state index in [4.69, 9.17) is 0 Å². The van der Waals surface area contributed by atoms with E-state index >= 15 is 0 Å². The van der Waals surface area contributed by atoms with Crippen LogP contribution in [0.15, 0.2) is 24.3 Å². The second-order valence-corrected chi connectivity index (χ2v) is 2.72. The Bertz CT molecular complexity index is 349. The topological polar surface area (TPSA) is 43.1 Å². The fourth-order valence-corrected chi connectivity index (χ4v) is 1.01. The number of hydrogen-bond donors (Lipinski definition) is 0. The fourth-order valence-electron chi connectivity index (χ4n) is 1.01. The minimum Gasteiger partial charge on any atom is -0.258 e. The number of benzene rings is 1. The van der Waals surface area contributed by atoms with Crippen molar-refractivity contribution in [3.8, 4) is 0 Å². The Balaban J connectivity index is 2.89. The van der Waals surface area contributed by atoms with E-state index in [-0.39, 0.29) is 11.3 Å². The zero-order chi connectivity index (χ0) is 10.8. The molecule has 1 rings (SSSR count). The van der Waals surface area contributed by atoms with Crippen LogP contribution < -0.4 is 0 Å². The largest absolute Gasteiger partial charge is 0.393 e. The third-order valence-electron chi connectivity index (χ3n) is 1.53. The van der Waals surface area contributed by atoms with E-state index in [1.54, 1.807) is 0 Å². The van der Waals surface area contributed by atoms with Crippen molar-refractivity contribution in [2.75, 3.05) is 0 Å². The van der Waals surface area contributed by atoms with Crippen LogP contribution in [0, 0.1) is 10.1 Å². The molecule has 0 aliphatic carbocycles. The minimum atomic E-state index is -4.34. The first kappa shape index (κ1) is 10.5.